The number of alkyl halides is 3. The number of hydrogen-bond acceptors (Lipinski definition) is 5. The van der Waals surface area contributed by atoms with Gasteiger partial charge in [-0.1, -0.05) is 35.5 Å². The van der Waals surface area contributed by atoms with E-state index in [1.54, 1.807) is 42.7 Å². The van der Waals surface area contributed by atoms with Crippen LogP contribution in [0.4, 0.5) is 13.2 Å². The molecular weight excluding hydrogens is 385 g/mol. The van der Waals surface area contributed by atoms with Crippen LogP contribution in [0.5, 0.6) is 0 Å². The predicted octanol–water partition coefficient (Wildman–Crippen LogP) is 3.88. The number of pyridine rings is 1. The summed E-state index contributed by atoms with van der Waals surface area (Å²) in [7, 11) is 0. The van der Waals surface area contributed by atoms with Crippen molar-refractivity contribution in [3.63, 3.8) is 0 Å². The van der Waals surface area contributed by atoms with E-state index in [9.17, 15) is 18.0 Å². The molecule has 0 spiro atoms. The van der Waals surface area contributed by atoms with Crippen LogP contribution < -0.4 is 0 Å². The molecular formula is C20H17F3N4O2. The van der Waals surface area contributed by atoms with Gasteiger partial charge >= 0.3 is 12.1 Å². The van der Waals surface area contributed by atoms with E-state index >= 15 is 0 Å². The highest BCUT2D eigenvalue weighted by molar-refractivity contribution is 5.79. The first-order valence-corrected chi connectivity index (χ1v) is 9.09. The van der Waals surface area contributed by atoms with Gasteiger partial charge in [-0.25, -0.2) is 0 Å². The van der Waals surface area contributed by atoms with Crippen LogP contribution in [-0.2, 0) is 23.9 Å². The molecule has 0 atom stereocenters. The number of carbonyl (C=O) groups excluding carboxylic acids is 1. The highest BCUT2D eigenvalue weighted by Crippen LogP contribution is 2.31. The molecule has 0 bridgehead atoms. The molecule has 6 nitrogen and oxygen atoms in total. The molecule has 150 valence electrons. The fourth-order valence-electron chi connectivity index (χ4n) is 3.00. The van der Waals surface area contributed by atoms with Gasteiger partial charge in [0.15, 0.2) is 0 Å². The van der Waals surface area contributed by atoms with Crippen LogP contribution in [0.15, 0.2) is 53.3 Å². The van der Waals surface area contributed by atoms with Crippen LogP contribution in [0.3, 0.4) is 0 Å². The zero-order valence-corrected chi connectivity index (χ0v) is 15.3. The summed E-state index contributed by atoms with van der Waals surface area (Å²) in [5, 5.41) is 3.38. The van der Waals surface area contributed by atoms with E-state index in [0.29, 0.717) is 12.1 Å². The molecule has 1 fully saturated rings. The summed E-state index contributed by atoms with van der Waals surface area (Å²) in [5.41, 5.74) is 2.14. The first kappa shape index (κ1) is 19.1. The number of rotatable bonds is 6. The Morgan fingerprint density at radius 1 is 1.14 bits per heavy atom. The van der Waals surface area contributed by atoms with Crippen LogP contribution in [0, 0.1) is 0 Å². The average Bonchev–Trinajstić information content (AvgIpc) is 3.41. The molecule has 0 N–H and O–H groups in total. The lowest BCUT2D eigenvalue weighted by Gasteiger charge is -2.22. The van der Waals surface area contributed by atoms with Gasteiger partial charge < -0.3 is 9.42 Å². The molecule has 1 saturated carbocycles. The fourth-order valence-corrected chi connectivity index (χ4v) is 3.00. The average molecular weight is 402 g/mol. The van der Waals surface area contributed by atoms with Crippen molar-refractivity contribution in [2.75, 3.05) is 0 Å². The SMILES string of the molecule is O=C(Cc1cccnc1)N(Cc1ccc(-c2noc(C(F)(F)F)n2)cc1)C1CC1. The number of amides is 1. The lowest BCUT2D eigenvalue weighted by atomic mass is 10.1. The summed E-state index contributed by atoms with van der Waals surface area (Å²) in [6, 6.07) is 10.6. The molecule has 9 heteroatoms. The van der Waals surface area contributed by atoms with Crippen molar-refractivity contribution in [3.8, 4) is 11.4 Å². The molecule has 4 rings (SSSR count). The van der Waals surface area contributed by atoms with Gasteiger partial charge in [-0.3, -0.25) is 9.78 Å². The summed E-state index contributed by atoms with van der Waals surface area (Å²) in [6.45, 7) is 0.435. The van der Waals surface area contributed by atoms with E-state index in [1.165, 1.54) is 0 Å². The second-order valence-electron chi connectivity index (χ2n) is 6.91. The Labute approximate surface area is 164 Å². The molecule has 1 aliphatic carbocycles. The highest BCUT2D eigenvalue weighted by Gasteiger charge is 2.38. The molecule has 29 heavy (non-hydrogen) atoms. The van der Waals surface area contributed by atoms with Crippen molar-refractivity contribution in [1.82, 2.24) is 20.0 Å². The third-order valence-corrected chi connectivity index (χ3v) is 4.62. The van der Waals surface area contributed by atoms with Crippen LogP contribution in [0.1, 0.15) is 29.9 Å². The Morgan fingerprint density at radius 3 is 2.48 bits per heavy atom. The fraction of sp³-hybridized carbons (Fsp3) is 0.300. The minimum absolute atomic E-state index is 0.0255. The lowest BCUT2D eigenvalue weighted by Crippen LogP contribution is -2.33. The van der Waals surface area contributed by atoms with Crippen molar-refractivity contribution >= 4 is 5.91 Å². The van der Waals surface area contributed by atoms with E-state index in [-0.39, 0.29) is 24.2 Å². The molecule has 1 aromatic carbocycles. The van der Waals surface area contributed by atoms with Crippen molar-refractivity contribution in [2.24, 2.45) is 0 Å². The van der Waals surface area contributed by atoms with Crippen molar-refractivity contribution in [2.45, 2.75) is 38.0 Å². The molecule has 1 amide bonds. The summed E-state index contributed by atoms with van der Waals surface area (Å²) in [6.07, 6.45) is 0.892. The Hall–Kier alpha value is -3.23. The number of carbonyl (C=O) groups is 1. The van der Waals surface area contributed by atoms with Crippen LogP contribution in [0.2, 0.25) is 0 Å². The normalized spacial score (nSPS) is 14.0. The van der Waals surface area contributed by atoms with Gasteiger partial charge in [-0.05, 0) is 30.0 Å². The van der Waals surface area contributed by atoms with Crippen LogP contribution in [-0.4, -0.2) is 32.0 Å². The van der Waals surface area contributed by atoms with Gasteiger partial charge in [0.2, 0.25) is 11.7 Å². The van der Waals surface area contributed by atoms with E-state index in [0.717, 1.165) is 24.0 Å². The maximum Gasteiger partial charge on any atom is 0.471 e. The number of hydrogen-bond donors (Lipinski definition) is 0. The van der Waals surface area contributed by atoms with Gasteiger partial charge in [0.05, 0.1) is 6.42 Å². The van der Waals surface area contributed by atoms with Gasteiger partial charge in [0, 0.05) is 30.5 Å². The minimum Gasteiger partial charge on any atom is -0.335 e. The number of halogens is 3. The third-order valence-electron chi connectivity index (χ3n) is 4.62. The number of nitrogens with zero attached hydrogens (tertiary/aromatic N) is 4. The monoisotopic (exact) mass is 402 g/mol. The zero-order chi connectivity index (χ0) is 20.4. The van der Waals surface area contributed by atoms with E-state index in [4.69, 9.17) is 0 Å². The van der Waals surface area contributed by atoms with Gasteiger partial charge in [0.25, 0.3) is 0 Å². The third kappa shape index (κ3) is 4.61. The first-order chi connectivity index (χ1) is 13.9. The number of aromatic nitrogens is 3. The van der Waals surface area contributed by atoms with Gasteiger partial charge in [0.1, 0.15) is 0 Å². The molecule has 0 unspecified atom stereocenters. The molecule has 1 aliphatic rings. The van der Waals surface area contributed by atoms with Crippen LogP contribution in [0.25, 0.3) is 11.4 Å². The molecule has 3 aromatic rings. The van der Waals surface area contributed by atoms with Gasteiger partial charge in [-0.2, -0.15) is 18.2 Å². The molecule has 0 aliphatic heterocycles. The maximum atomic E-state index is 12.7. The van der Waals surface area contributed by atoms with Crippen molar-refractivity contribution < 1.29 is 22.5 Å². The van der Waals surface area contributed by atoms with Crippen LogP contribution >= 0.6 is 0 Å². The quantitative estimate of drug-likeness (QED) is 0.626. The smallest absolute Gasteiger partial charge is 0.335 e. The molecule has 2 heterocycles. The lowest BCUT2D eigenvalue weighted by molar-refractivity contribution is -0.159. The van der Waals surface area contributed by atoms with E-state index in [2.05, 4.69) is 19.6 Å². The zero-order valence-electron chi connectivity index (χ0n) is 15.3. The Bertz CT molecular complexity index is 983. The Balaban J connectivity index is 1.45. The summed E-state index contributed by atoms with van der Waals surface area (Å²) in [5.74, 6) is -1.48. The first-order valence-electron chi connectivity index (χ1n) is 9.09. The molecule has 2 aromatic heterocycles. The van der Waals surface area contributed by atoms with E-state index in [1.807, 2.05) is 11.0 Å². The molecule has 0 saturated heterocycles. The standard InChI is InChI=1S/C20H17F3N4O2/c21-20(22,23)19-25-18(26-29-19)15-5-3-13(4-6-15)12-27(16-7-8-16)17(28)10-14-2-1-9-24-11-14/h1-6,9,11,16H,7-8,10,12H2. The second kappa shape index (κ2) is 7.65. The van der Waals surface area contributed by atoms with E-state index < -0.39 is 12.1 Å². The minimum atomic E-state index is -4.68. The molecule has 0 radical (unpaired) electrons. The summed E-state index contributed by atoms with van der Waals surface area (Å²) in [4.78, 5) is 22.0. The van der Waals surface area contributed by atoms with Gasteiger partial charge in [-0.15, -0.1) is 0 Å². The Kier molecular flexibility index (Phi) is 5.04. The highest BCUT2D eigenvalue weighted by atomic mass is 19.4. The summed E-state index contributed by atoms with van der Waals surface area (Å²) >= 11 is 0. The second-order valence-corrected chi connectivity index (χ2v) is 6.91. The maximum absolute atomic E-state index is 12.7. The number of benzene rings is 1. The topological polar surface area (TPSA) is 72.1 Å². The largest absolute Gasteiger partial charge is 0.471 e. The predicted molar refractivity (Wildman–Crippen MR) is 96.2 cm³/mol. The summed E-state index contributed by atoms with van der Waals surface area (Å²) < 4.78 is 42.1. The van der Waals surface area contributed by atoms with Crippen molar-refractivity contribution in [1.29, 1.82) is 0 Å². The van der Waals surface area contributed by atoms with Crippen molar-refractivity contribution in [3.05, 3.63) is 65.8 Å². The Morgan fingerprint density at radius 2 is 1.90 bits per heavy atom.